The van der Waals surface area contributed by atoms with Crippen LogP contribution in [0.15, 0.2) is 30.3 Å². The van der Waals surface area contributed by atoms with Crippen LogP contribution in [0.5, 0.6) is 0 Å². The fraction of sp³-hybridized carbons (Fsp3) is 0.476. The van der Waals surface area contributed by atoms with Gasteiger partial charge in [-0.15, -0.1) is 0 Å². The van der Waals surface area contributed by atoms with Gasteiger partial charge >= 0.3 is 0 Å². The van der Waals surface area contributed by atoms with Gasteiger partial charge in [-0.1, -0.05) is 30.3 Å². The molecule has 1 aromatic heterocycles. The van der Waals surface area contributed by atoms with E-state index in [0.29, 0.717) is 18.1 Å². The van der Waals surface area contributed by atoms with E-state index >= 15 is 0 Å². The second-order valence-corrected chi connectivity index (χ2v) is 7.50. The first-order valence-corrected chi connectivity index (χ1v) is 9.85. The lowest BCUT2D eigenvalue weighted by Gasteiger charge is -2.18. The number of carbonyl (C=O) groups excluding carboxylic acids is 2. The Bertz CT molecular complexity index is 829. The third-order valence-electron chi connectivity index (χ3n) is 5.03. The smallest absolute Gasteiger partial charge is 0.287 e. The molecule has 2 heterocycles. The highest BCUT2D eigenvalue weighted by molar-refractivity contribution is 5.97. The minimum atomic E-state index is -0.244. The van der Waals surface area contributed by atoms with Crippen molar-refractivity contribution in [3.05, 3.63) is 53.1 Å². The Morgan fingerprint density at radius 1 is 1.18 bits per heavy atom. The van der Waals surface area contributed by atoms with Crippen molar-refractivity contribution >= 4 is 11.8 Å². The minimum absolute atomic E-state index is 0.136. The quantitative estimate of drug-likeness (QED) is 0.767. The van der Waals surface area contributed by atoms with Crippen LogP contribution < -0.4 is 10.6 Å². The summed E-state index contributed by atoms with van der Waals surface area (Å²) in [4.78, 5) is 32.0. The number of rotatable bonds is 7. The normalized spacial score (nSPS) is 14.4. The first kappa shape index (κ1) is 20.1. The van der Waals surface area contributed by atoms with Gasteiger partial charge in [-0.25, -0.2) is 4.98 Å². The highest BCUT2D eigenvalue weighted by atomic mass is 16.2. The molecule has 2 amide bonds. The van der Waals surface area contributed by atoms with Gasteiger partial charge in [0.15, 0.2) is 5.82 Å². The Hall–Kier alpha value is -2.67. The first-order valence-electron chi connectivity index (χ1n) is 9.85. The molecular formula is C21H29N5O2. The Morgan fingerprint density at radius 3 is 2.64 bits per heavy atom. The number of carbonyl (C=O) groups is 2. The van der Waals surface area contributed by atoms with Gasteiger partial charge in [0.25, 0.3) is 11.8 Å². The molecule has 150 valence electrons. The molecular weight excluding hydrogens is 354 g/mol. The summed E-state index contributed by atoms with van der Waals surface area (Å²) in [6, 6.07) is 9.68. The van der Waals surface area contributed by atoms with E-state index in [2.05, 4.69) is 15.6 Å². The summed E-state index contributed by atoms with van der Waals surface area (Å²) < 4.78 is 1.91. The van der Waals surface area contributed by atoms with Crippen LogP contribution in [0.1, 0.15) is 58.2 Å². The van der Waals surface area contributed by atoms with Crippen molar-refractivity contribution in [2.75, 3.05) is 27.2 Å². The molecule has 0 fully saturated rings. The molecule has 7 nitrogen and oxygen atoms in total. The predicted molar refractivity (Wildman–Crippen MR) is 108 cm³/mol. The topological polar surface area (TPSA) is 79.3 Å². The minimum Gasteiger partial charge on any atom is -0.349 e. The third-order valence-corrected chi connectivity index (χ3v) is 5.03. The second kappa shape index (κ2) is 9.01. The molecule has 1 unspecified atom stereocenters. The maximum absolute atomic E-state index is 12.9. The largest absolute Gasteiger partial charge is 0.349 e. The van der Waals surface area contributed by atoms with E-state index in [0.717, 1.165) is 43.6 Å². The average molecular weight is 383 g/mol. The molecule has 1 atom stereocenters. The van der Waals surface area contributed by atoms with Crippen LogP contribution in [0.25, 0.3) is 0 Å². The molecule has 0 bridgehead atoms. The van der Waals surface area contributed by atoms with E-state index in [-0.39, 0.29) is 17.9 Å². The average Bonchev–Trinajstić information content (AvgIpc) is 3.08. The zero-order chi connectivity index (χ0) is 20.1. The van der Waals surface area contributed by atoms with Gasteiger partial charge in [0, 0.05) is 19.6 Å². The van der Waals surface area contributed by atoms with Crippen LogP contribution in [0, 0.1) is 0 Å². The van der Waals surface area contributed by atoms with E-state index in [1.165, 1.54) is 0 Å². The van der Waals surface area contributed by atoms with Gasteiger partial charge in [-0.05, 0) is 45.8 Å². The number of nitrogens with one attached hydrogen (secondary N) is 2. The molecule has 0 aliphatic carbocycles. The summed E-state index contributed by atoms with van der Waals surface area (Å²) in [5.74, 6) is -0.121. The van der Waals surface area contributed by atoms with E-state index in [1.807, 2.05) is 60.8 Å². The highest BCUT2D eigenvalue weighted by Crippen LogP contribution is 2.22. The molecule has 0 radical (unpaired) electrons. The SMILES string of the molecule is CC(NC(=O)c1nc(C(=O)NCCN(C)C)c2n1CCCC2)c1ccccc1. The van der Waals surface area contributed by atoms with Gasteiger partial charge < -0.3 is 20.1 Å². The molecule has 2 N–H and O–H groups in total. The number of aromatic nitrogens is 2. The number of amides is 2. The Balaban J connectivity index is 1.78. The zero-order valence-corrected chi connectivity index (χ0v) is 16.9. The molecule has 3 rings (SSSR count). The number of hydrogen-bond donors (Lipinski definition) is 2. The van der Waals surface area contributed by atoms with Crippen LogP contribution >= 0.6 is 0 Å². The van der Waals surface area contributed by atoms with Crippen molar-refractivity contribution in [3.8, 4) is 0 Å². The Kier molecular flexibility index (Phi) is 6.46. The van der Waals surface area contributed by atoms with Gasteiger partial charge in [0.1, 0.15) is 5.69 Å². The van der Waals surface area contributed by atoms with Crippen LogP contribution in [-0.2, 0) is 13.0 Å². The van der Waals surface area contributed by atoms with Crippen LogP contribution in [0.3, 0.4) is 0 Å². The lowest BCUT2D eigenvalue weighted by atomic mass is 10.1. The van der Waals surface area contributed by atoms with Crippen molar-refractivity contribution in [2.45, 2.75) is 38.8 Å². The van der Waals surface area contributed by atoms with Crippen LogP contribution in [0.4, 0.5) is 0 Å². The summed E-state index contributed by atoms with van der Waals surface area (Å²) in [5.41, 5.74) is 2.28. The summed E-state index contributed by atoms with van der Waals surface area (Å²) in [6.45, 7) is 3.96. The van der Waals surface area contributed by atoms with E-state index < -0.39 is 0 Å². The lowest BCUT2D eigenvalue weighted by Crippen LogP contribution is -2.32. The van der Waals surface area contributed by atoms with Gasteiger partial charge in [-0.3, -0.25) is 9.59 Å². The summed E-state index contributed by atoms with van der Waals surface area (Å²) >= 11 is 0. The van der Waals surface area contributed by atoms with E-state index in [9.17, 15) is 9.59 Å². The molecule has 0 spiro atoms. The first-order chi connectivity index (χ1) is 13.5. The number of nitrogens with zero attached hydrogens (tertiary/aromatic N) is 3. The number of likely N-dealkylation sites (N-methyl/N-ethyl adjacent to an activating group) is 1. The monoisotopic (exact) mass is 383 g/mol. The second-order valence-electron chi connectivity index (χ2n) is 7.50. The number of fused-ring (bicyclic) bond motifs is 1. The fourth-order valence-corrected chi connectivity index (χ4v) is 3.46. The molecule has 28 heavy (non-hydrogen) atoms. The molecule has 1 aliphatic rings. The van der Waals surface area contributed by atoms with Crippen molar-refractivity contribution in [1.82, 2.24) is 25.1 Å². The lowest BCUT2D eigenvalue weighted by molar-refractivity contribution is 0.0923. The van der Waals surface area contributed by atoms with Gasteiger partial charge in [-0.2, -0.15) is 0 Å². The van der Waals surface area contributed by atoms with Gasteiger partial charge in [0.05, 0.1) is 11.7 Å². The van der Waals surface area contributed by atoms with Crippen LogP contribution in [-0.4, -0.2) is 53.5 Å². The molecule has 1 aromatic carbocycles. The van der Waals surface area contributed by atoms with E-state index in [1.54, 1.807) is 0 Å². The number of hydrogen-bond acceptors (Lipinski definition) is 4. The molecule has 2 aromatic rings. The maximum atomic E-state index is 12.9. The summed E-state index contributed by atoms with van der Waals surface area (Å²) in [7, 11) is 3.92. The van der Waals surface area contributed by atoms with Crippen molar-refractivity contribution in [2.24, 2.45) is 0 Å². The molecule has 0 saturated carbocycles. The Labute approximate surface area is 166 Å². The molecule has 0 saturated heterocycles. The standard InChI is InChI=1S/C21H29N5O2/c1-15(16-9-5-4-6-10-16)23-21(28)19-24-18(17-11-7-8-13-26(17)19)20(27)22-12-14-25(2)3/h4-6,9-10,15H,7-8,11-14H2,1-3H3,(H,22,27)(H,23,28). The zero-order valence-electron chi connectivity index (χ0n) is 16.9. The summed E-state index contributed by atoms with van der Waals surface area (Å²) in [6.07, 6.45) is 2.76. The van der Waals surface area contributed by atoms with Gasteiger partial charge in [0.2, 0.25) is 0 Å². The number of benzene rings is 1. The van der Waals surface area contributed by atoms with E-state index in [4.69, 9.17) is 0 Å². The van der Waals surface area contributed by atoms with Crippen LogP contribution in [0.2, 0.25) is 0 Å². The highest BCUT2D eigenvalue weighted by Gasteiger charge is 2.28. The fourth-order valence-electron chi connectivity index (χ4n) is 3.46. The Morgan fingerprint density at radius 2 is 1.93 bits per heavy atom. The maximum Gasteiger partial charge on any atom is 0.287 e. The third kappa shape index (κ3) is 4.59. The molecule has 7 heteroatoms. The van der Waals surface area contributed by atoms with Crippen molar-refractivity contribution in [1.29, 1.82) is 0 Å². The molecule has 1 aliphatic heterocycles. The van der Waals surface area contributed by atoms with Crippen molar-refractivity contribution in [3.63, 3.8) is 0 Å². The summed E-state index contributed by atoms with van der Waals surface area (Å²) in [5, 5.41) is 5.92. The predicted octanol–water partition coefficient (Wildman–Crippen LogP) is 2.00. The number of imidazole rings is 1. The van der Waals surface area contributed by atoms with Crippen molar-refractivity contribution < 1.29 is 9.59 Å².